The molecule has 1 fully saturated rings. The third-order valence-electron chi connectivity index (χ3n) is 4.77. The predicted molar refractivity (Wildman–Crippen MR) is 101 cm³/mol. The molecule has 3 heterocycles. The van der Waals surface area contributed by atoms with Crippen LogP contribution in [0.2, 0.25) is 0 Å². The molecule has 1 aromatic carbocycles. The van der Waals surface area contributed by atoms with E-state index in [9.17, 15) is 9.59 Å². The maximum Gasteiger partial charge on any atom is 0.225 e. The van der Waals surface area contributed by atoms with Crippen molar-refractivity contribution in [1.29, 1.82) is 0 Å². The van der Waals surface area contributed by atoms with E-state index in [0.29, 0.717) is 19.6 Å². The summed E-state index contributed by atoms with van der Waals surface area (Å²) in [5, 5.41) is 7.02. The number of likely N-dealkylation sites (tertiary alicyclic amines) is 1. The van der Waals surface area contributed by atoms with E-state index in [1.165, 1.54) is 6.33 Å². The fourth-order valence-electron chi connectivity index (χ4n) is 3.25. The number of carbonyl (C=O) groups excluding carboxylic acids is 2. The van der Waals surface area contributed by atoms with Crippen LogP contribution in [0.15, 0.2) is 61.4 Å². The topological polar surface area (TPSA) is 93.0 Å². The summed E-state index contributed by atoms with van der Waals surface area (Å²) in [5.41, 5.74) is 2.85. The lowest BCUT2D eigenvalue weighted by molar-refractivity contribution is -0.129. The fraction of sp³-hybridized carbons (Fsp3) is 0.250. The lowest BCUT2D eigenvalue weighted by atomic mass is 10.1. The van der Waals surface area contributed by atoms with Crippen LogP contribution in [0.4, 0.5) is 0 Å². The summed E-state index contributed by atoms with van der Waals surface area (Å²) in [4.78, 5) is 34.4. The van der Waals surface area contributed by atoms with E-state index < -0.39 is 0 Å². The number of hydrogen-bond donors (Lipinski definition) is 1. The third-order valence-corrected chi connectivity index (χ3v) is 4.77. The first kappa shape index (κ1) is 17.8. The zero-order valence-electron chi connectivity index (χ0n) is 15.2. The molecule has 8 heteroatoms. The summed E-state index contributed by atoms with van der Waals surface area (Å²) in [7, 11) is 0. The zero-order valence-corrected chi connectivity index (χ0v) is 15.2. The molecule has 28 heavy (non-hydrogen) atoms. The Morgan fingerprint density at radius 2 is 2.00 bits per heavy atom. The molecule has 1 saturated heterocycles. The summed E-state index contributed by atoms with van der Waals surface area (Å²) in [6.07, 6.45) is 6.80. The molecule has 2 amide bonds. The number of nitrogens with one attached hydrogen (secondary N) is 1. The van der Waals surface area contributed by atoms with Gasteiger partial charge >= 0.3 is 0 Å². The Kier molecular flexibility index (Phi) is 5.09. The van der Waals surface area contributed by atoms with Gasteiger partial charge in [-0.3, -0.25) is 14.6 Å². The van der Waals surface area contributed by atoms with Crippen molar-refractivity contribution in [1.82, 2.24) is 30.0 Å². The molecule has 0 spiro atoms. The molecule has 1 N–H and O–H groups in total. The second-order valence-electron chi connectivity index (χ2n) is 6.76. The van der Waals surface area contributed by atoms with Gasteiger partial charge in [0, 0.05) is 38.4 Å². The number of benzene rings is 1. The molecule has 0 bridgehead atoms. The molecule has 142 valence electrons. The van der Waals surface area contributed by atoms with Gasteiger partial charge in [0.15, 0.2) is 0 Å². The molecule has 2 aromatic heterocycles. The van der Waals surface area contributed by atoms with Crippen LogP contribution in [0, 0.1) is 5.92 Å². The largest absolute Gasteiger partial charge is 0.352 e. The molecule has 1 aliphatic heterocycles. The van der Waals surface area contributed by atoms with E-state index in [0.717, 1.165) is 16.8 Å². The third kappa shape index (κ3) is 4.06. The van der Waals surface area contributed by atoms with Gasteiger partial charge in [0.25, 0.3) is 0 Å². The number of rotatable bonds is 6. The van der Waals surface area contributed by atoms with Crippen LogP contribution >= 0.6 is 0 Å². The van der Waals surface area contributed by atoms with Crippen molar-refractivity contribution in [3.8, 4) is 5.69 Å². The number of pyridine rings is 1. The van der Waals surface area contributed by atoms with E-state index in [1.54, 1.807) is 28.3 Å². The highest BCUT2D eigenvalue weighted by Crippen LogP contribution is 2.20. The Hall–Kier alpha value is -3.55. The maximum atomic E-state index is 12.5. The minimum absolute atomic E-state index is 0.00110. The lowest BCUT2D eigenvalue weighted by Gasteiger charge is -2.16. The molecule has 3 aromatic rings. The Balaban J connectivity index is 1.30. The predicted octanol–water partition coefficient (Wildman–Crippen LogP) is 1.33. The van der Waals surface area contributed by atoms with Crippen LogP contribution in [0.5, 0.6) is 0 Å². The first-order valence-corrected chi connectivity index (χ1v) is 9.07. The summed E-state index contributed by atoms with van der Waals surface area (Å²) in [6.45, 7) is 1.34. The van der Waals surface area contributed by atoms with Gasteiger partial charge in [-0.15, -0.1) is 0 Å². The molecule has 8 nitrogen and oxygen atoms in total. The maximum absolute atomic E-state index is 12.5. The van der Waals surface area contributed by atoms with Gasteiger partial charge in [-0.2, -0.15) is 5.10 Å². The van der Waals surface area contributed by atoms with Gasteiger partial charge < -0.3 is 10.2 Å². The van der Waals surface area contributed by atoms with Crippen LogP contribution < -0.4 is 5.32 Å². The highest BCUT2D eigenvalue weighted by atomic mass is 16.2. The van der Waals surface area contributed by atoms with Crippen molar-refractivity contribution >= 4 is 11.8 Å². The second-order valence-corrected chi connectivity index (χ2v) is 6.76. The van der Waals surface area contributed by atoms with E-state index in [4.69, 9.17) is 0 Å². The average molecular weight is 376 g/mol. The van der Waals surface area contributed by atoms with Crippen molar-refractivity contribution in [2.24, 2.45) is 5.92 Å². The molecular formula is C20H20N6O2. The van der Waals surface area contributed by atoms with Crippen molar-refractivity contribution in [2.75, 3.05) is 6.54 Å². The number of nitrogens with zero attached hydrogens (tertiary/aromatic N) is 5. The van der Waals surface area contributed by atoms with Crippen molar-refractivity contribution in [3.63, 3.8) is 0 Å². The highest BCUT2D eigenvalue weighted by molar-refractivity contribution is 5.89. The van der Waals surface area contributed by atoms with E-state index in [2.05, 4.69) is 20.4 Å². The number of aromatic nitrogens is 4. The lowest BCUT2D eigenvalue weighted by Crippen LogP contribution is -2.32. The van der Waals surface area contributed by atoms with Gasteiger partial charge in [-0.05, 0) is 29.3 Å². The van der Waals surface area contributed by atoms with Crippen molar-refractivity contribution in [2.45, 2.75) is 19.5 Å². The average Bonchev–Trinajstić information content (AvgIpc) is 3.38. The molecule has 0 radical (unpaired) electrons. The quantitative estimate of drug-likeness (QED) is 0.701. The molecule has 4 rings (SSSR count). The zero-order chi connectivity index (χ0) is 19.3. The van der Waals surface area contributed by atoms with Gasteiger partial charge in [0.1, 0.15) is 12.7 Å². The van der Waals surface area contributed by atoms with E-state index >= 15 is 0 Å². The number of carbonyl (C=O) groups is 2. The molecule has 1 aliphatic rings. The molecule has 0 aliphatic carbocycles. The van der Waals surface area contributed by atoms with Crippen LogP contribution in [0.25, 0.3) is 5.69 Å². The van der Waals surface area contributed by atoms with Gasteiger partial charge in [0.2, 0.25) is 11.8 Å². The van der Waals surface area contributed by atoms with Crippen LogP contribution in [-0.2, 0) is 22.7 Å². The van der Waals surface area contributed by atoms with Crippen molar-refractivity contribution < 1.29 is 9.59 Å². The summed E-state index contributed by atoms with van der Waals surface area (Å²) in [5.74, 6) is -0.415. The summed E-state index contributed by atoms with van der Waals surface area (Å²) >= 11 is 0. The number of hydrogen-bond acceptors (Lipinski definition) is 5. The molecule has 0 saturated carbocycles. The first-order valence-electron chi connectivity index (χ1n) is 9.07. The van der Waals surface area contributed by atoms with Gasteiger partial charge in [0.05, 0.1) is 11.6 Å². The second kappa shape index (κ2) is 7.99. The minimum atomic E-state index is -0.321. The van der Waals surface area contributed by atoms with Crippen LogP contribution in [-0.4, -0.2) is 43.0 Å². The fourth-order valence-corrected chi connectivity index (χ4v) is 3.25. The van der Waals surface area contributed by atoms with Gasteiger partial charge in [-0.25, -0.2) is 9.67 Å². The Morgan fingerprint density at radius 1 is 1.14 bits per heavy atom. The Bertz CT molecular complexity index is 941. The monoisotopic (exact) mass is 376 g/mol. The van der Waals surface area contributed by atoms with Gasteiger partial charge in [-0.1, -0.05) is 18.2 Å². The summed E-state index contributed by atoms with van der Waals surface area (Å²) in [6, 6.07) is 11.5. The summed E-state index contributed by atoms with van der Waals surface area (Å²) < 4.78 is 1.67. The normalized spacial score (nSPS) is 16.4. The Morgan fingerprint density at radius 3 is 2.71 bits per heavy atom. The SMILES string of the molecule is O=C(NCc1ccc(-n2cncn2)cc1)C1CC(=O)N(Cc2cccnc2)C1. The van der Waals surface area contributed by atoms with Crippen LogP contribution in [0.1, 0.15) is 17.5 Å². The Labute approximate surface area is 162 Å². The smallest absolute Gasteiger partial charge is 0.225 e. The molecular weight excluding hydrogens is 356 g/mol. The minimum Gasteiger partial charge on any atom is -0.352 e. The first-order chi connectivity index (χ1) is 13.7. The molecule has 1 unspecified atom stereocenters. The van der Waals surface area contributed by atoms with E-state index in [1.807, 2.05) is 36.4 Å². The standard InChI is InChI=1S/C20H20N6O2/c27-19-8-17(12-25(19)11-16-2-1-7-21-9-16)20(28)23-10-15-3-5-18(6-4-15)26-14-22-13-24-26/h1-7,9,13-14,17H,8,10-12H2,(H,23,28). The van der Waals surface area contributed by atoms with Crippen LogP contribution in [0.3, 0.4) is 0 Å². The highest BCUT2D eigenvalue weighted by Gasteiger charge is 2.34. The number of amides is 2. The van der Waals surface area contributed by atoms with Crippen molar-refractivity contribution in [3.05, 3.63) is 72.6 Å². The van der Waals surface area contributed by atoms with E-state index in [-0.39, 0.29) is 24.2 Å². The molecule has 1 atom stereocenters.